The summed E-state index contributed by atoms with van der Waals surface area (Å²) in [6.45, 7) is 3.34. The molecule has 0 saturated heterocycles. The maximum absolute atomic E-state index is 13.6. The van der Waals surface area contributed by atoms with Gasteiger partial charge in [-0.25, -0.2) is 9.18 Å². The van der Waals surface area contributed by atoms with Crippen LogP contribution in [-0.4, -0.2) is 36.3 Å². The van der Waals surface area contributed by atoms with E-state index in [9.17, 15) is 14.3 Å². The molecule has 0 aliphatic rings. The van der Waals surface area contributed by atoms with E-state index in [0.29, 0.717) is 0 Å². The van der Waals surface area contributed by atoms with Crippen LogP contribution in [0.2, 0.25) is 5.02 Å². The molecule has 0 aromatic heterocycles. The Bertz CT molecular complexity index is 669. The number of halogens is 2. The molecular weight excluding hydrogens is 341 g/mol. The Morgan fingerprint density at radius 3 is 2.62 bits per heavy atom. The molecule has 130 valence electrons. The molecule has 24 heavy (non-hydrogen) atoms. The monoisotopic (exact) mass is 357 g/mol. The third kappa shape index (κ3) is 5.24. The van der Waals surface area contributed by atoms with Gasteiger partial charge in [-0.2, -0.15) is 5.10 Å². The van der Waals surface area contributed by atoms with E-state index in [1.807, 2.05) is 0 Å². The topological polar surface area (TPSA) is 107 Å². The molecule has 0 atom stereocenters. The Morgan fingerprint density at radius 2 is 2.04 bits per heavy atom. The van der Waals surface area contributed by atoms with Crippen molar-refractivity contribution in [2.75, 3.05) is 13.2 Å². The molecule has 0 aliphatic carbocycles. The van der Waals surface area contributed by atoms with Gasteiger partial charge in [0.2, 0.25) is 0 Å². The molecular formula is C15H17ClFN3O4. The van der Waals surface area contributed by atoms with Gasteiger partial charge in [0.25, 0.3) is 5.95 Å². The minimum atomic E-state index is -0.927. The number of hydrogen-bond donors (Lipinski definition) is 2. The average Bonchev–Trinajstić information content (AvgIpc) is 2.51. The normalized spacial score (nSPS) is 12.9. The van der Waals surface area contributed by atoms with Crippen LogP contribution < -0.4 is 5.73 Å². The van der Waals surface area contributed by atoms with Gasteiger partial charge >= 0.3 is 5.97 Å². The van der Waals surface area contributed by atoms with Gasteiger partial charge in [0.15, 0.2) is 11.4 Å². The first-order valence-corrected chi connectivity index (χ1v) is 7.34. The van der Waals surface area contributed by atoms with Gasteiger partial charge in [-0.1, -0.05) is 17.7 Å². The molecule has 0 heterocycles. The molecule has 9 heteroatoms. The van der Waals surface area contributed by atoms with Crippen LogP contribution in [0, 0.1) is 5.82 Å². The lowest BCUT2D eigenvalue weighted by molar-refractivity contribution is -0.138. The van der Waals surface area contributed by atoms with Crippen molar-refractivity contribution in [3.05, 3.63) is 46.1 Å². The van der Waals surface area contributed by atoms with Crippen molar-refractivity contribution < 1.29 is 23.8 Å². The predicted octanol–water partition coefficient (Wildman–Crippen LogP) is 2.54. The van der Waals surface area contributed by atoms with Crippen LogP contribution >= 0.6 is 11.6 Å². The predicted molar refractivity (Wildman–Crippen MR) is 88.5 cm³/mol. The minimum absolute atomic E-state index is 0.00594. The van der Waals surface area contributed by atoms with E-state index in [2.05, 4.69) is 10.2 Å². The molecule has 0 amide bonds. The van der Waals surface area contributed by atoms with Crippen LogP contribution in [0.4, 0.5) is 4.39 Å². The fourth-order valence-electron chi connectivity index (χ4n) is 1.55. The fourth-order valence-corrected chi connectivity index (χ4v) is 1.76. The third-order valence-electron chi connectivity index (χ3n) is 2.58. The van der Waals surface area contributed by atoms with Gasteiger partial charge in [-0.3, -0.25) is 0 Å². The molecule has 0 bridgehead atoms. The summed E-state index contributed by atoms with van der Waals surface area (Å²) in [5, 5.41) is 17.0. The number of benzene rings is 1. The second-order valence-electron chi connectivity index (χ2n) is 4.20. The Balaban J connectivity index is 3.12. The van der Waals surface area contributed by atoms with Crippen LogP contribution in [0.3, 0.4) is 0 Å². The molecule has 1 aromatic rings. The summed E-state index contributed by atoms with van der Waals surface area (Å²) in [4.78, 5) is 11.8. The lowest BCUT2D eigenvalue weighted by Gasteiger charge is -2.08. The van der Waals surface area contributed by atoms with Gasteiger partial charge in [0, 0.05) is 5.56 Å². The van der Waals surface area contributed by atoms with Crippen molar-refractivity contribution in [3.63, 3.8) is 0 Å². The van der Waals surface area contributed by atoms with Crippen molar-refractivity contribution >= 4 is 29.6 Å². The highest BCUT2D eigenvalue weighted by Gasteiger charge is 2.22. The number of esters is 1. The van der Waals surface area contributed by atoms with Gasteiger partial charge in [0.05, 0.1) is 24.5 Å². The zero-order chi connectivity index (χ0) is 18.1. The molecule has 0 aliphatic heterocycles. The van der Waals surface area contributed by atoms with E-state index in [-0.39, 0.29) is 23.8 Å². The Labute approximate surface area is 143 Å². The first kappa shape index (κ1) is 19.4. The first-order chi connectivity index (χ1) is 11.4. The molecule has 1 rings (SSSR count). The van der Waals surface area contributed by atoms with E-state index in [1.54, 1.807) is 13.8 Å². The maximum Gasteiger partial charge on any atom is 0.349 e. The number of nitrogens with zero attached hydrogens (tertiary/aromatic N) is 2. The van der Waals surface area contributed by atoms with Gasteiger partial charge in [0.1, 0.15) is 5.82 Å². The number of carbonyl (C=O) groups excluding carboxylic acids is 1. The zero-order valence-corrected chi connectivity index (χ0v) is 13.9. The summed E-state index contributed by atoms with van der Waals surface area (Å²) in [5.74, 6) is -2.72. The summed E-state index contributed by atoms with van der Waals surface area (Å²) in [6, 6.07) is 4.11. The highest BCUT2D eigenvalue weighted by atomic mass is 35.5. The summed E-state index contributed by atoms with van der Waals surface area (Å²) >= 11 is 5.84. The van der Waals surface area contributed by atoms with E-state index in [4.69, 9.17) is 26.8 Å². The number of nitrogens with two attached hydrogens (primary N) is 1. The molecule has 1 aromatic carbocycles. The molecule has 7 nitrogen and oxygen atoms in total. The average molecular weight is 358 g/mol. The smallest absolute Gasteiger partial charge is 0.349 e. The van der Waals surface area contributed by atoms with Crippen molar-refractivity contribution in [3.8, 4) is 0 Å². The maximum atomic E-state index is 13.6. The second-order valence-corrected chi connectivity index (χ2v) is 4.61. The van der Waals surface area contributed by atoms with E-state index in [0.717, 1.165) is 6.21 Å². The largest absolute Gasteiger partial charge is 0.480 e. The molecule has 0 radical (unpaired) electrons. The Morgan fingerprint density at radius 1 is 1.38 bits per heavy atom. The van der Waals surface area contributed by atoms with Crippen molar-refractivity contribution in [2.24, 2.45) is 15.9 Å². The molecule has 3 N–H and O–H groups in total. The van der Waals surface area contributed by atoms with Crippen molar-refractivity contribution in [1.29, 1.82) is 0 Å². The zero-order valence-electron chi connectivity index (χ0n) is 13.1. The lowest BCUT2D eigenvalue weighted by atomic mass is 10.2. The number of ether oxygens (including phenoxy) is 2. The SMILES string of the molecule is CCOC(=O)C(C(N)=N/N=C/c1c(F)cccc1Cl)=C(O)OCC. The lowest BCUT2D eigenvalue weighted by Crippen LogP contribution is -2.25. The van der Waals surface area contributed by atoms with Crippen LogP contribution in [0.1, 0.15) is 19.4 Å². The quantitative estimate of drug-likeness (QED) is 0.195. The Hall–Kier alpha value is -2.61. The number of rotatable bonds is 7. The summed E-state index contributed by atoms with van der Waals surface area (Å²) < 4.78 is 23.2. The summed E-state index contributed by atoms with van der Waals surface area (Å²) in [7, 11) is 0. The van der Waals surface area contributed by atoms with Crippen molar-refractivity contribution in [2.45, 2.75) is 13.8 Å². The van der Waals surface area contributed by atoms with E-state index in [1.165, 1.54) is 18.2 Å². The first-order valence-electron chi connectivity index (χ1n) is 6.96. The van der Waals surface area contributed by atoms with Crippen molar-refractivity contribution in [1.82, 2.24) is 0 Å². The van der Waals surface area contributed by atoms with Crippen LogP contribution in [0.15, 0.2) is 39.9 Å². The summed E-state index contributed by atoms with van der Waals surface area (Å²) in [6.07, 6.45) is 1.03. The van der Waals surface area contributed by atoms with Gasteiger partial charge < -0.3 is 20.3 Å². The second kappa shape index (κ2) is 9.51. The van der Waals surface area contributed by atoms with Crippen LogP contribution in [0.5, 0.6) is 0 Å². The highest BCUT2D eigenvalue weighted by molar-refractivity contribution is 6.33. The number of amidine groups is 1. The molecule has 0 saturated carbocycles. The number of hydrogen-bond acceptors (Lipinski definition) is 6. The van der Waals surface area contributed by atoms with Crippen LogP contribution in [-0.2, 0) is 14.3 Å². The Kier molecular flexibility index (Phi) is 7.70. The highest BCUT2D eigenvalue weighted by Crippen LogP contribution is 2.16. The standard InChI is InChI=1S/C15H17ClFN3O4/c1-3-23-14(21)12(15(22)24-4-2)13(18)20-19-8-9-10(16)6-5-7-11(9)17/h5-8,21H,3-4H2,1-2H3,(H2,18,20)/b14-12?,19-8+. The molecule has 0 unspecified atom stereocenters. The third-order valence-corrected chi connectivity index (χ3v) is 2.91. The molecule has 0 fully saturated rings. The van der Waals surface area contributed by atoms with Crippen LogP contribution in [0.25, 0.3) is 0 Å². The number of carbonyl (C=O) groups is 1. The minimum Gasteiger partial charge on any atom is -0.480 e. The van der Waals surface area contributed by atoms with E-state index < -0.39 is 29.1 Å². The fraction of sp³-hybridized carbons (Fsp3) is 0.267. The number of aliphatic hydroxyl groups excluding tert-OH is 1. The van der Waals surface area contributed by atoms with Gasteiger partial charge in [-0.05, 0) is 26.0 Å². The number of aliphatic hydroxyl groups is 1. The van der Waals surface area contributed by atoms with Gasteiger partial charge in [-0.15, -0.1) is 5.10 Å². The summed E-state index contributed by atoms with van der Waals surface area (Å²) in [5.41, 5.74) is 5.16. The molecule has 0 spiro atoms. The van der Waals surface area contributed by atoms with E-state index >= 15 is 0 Å².